The van der Waals surface area contributed by atoms with E-state index in [0.717, 1.165) is 5.56 Å². The predicted molar refractivity (Wildman–Crippen MR) is 138 cm³/mol. The summed E-state index contributed by atoms with van der Waals surface area (Å²) in [6.07, 6.45) is 0. The second-order valence-corrected chi connectivity index (χ2v) is 8.62. The van der Waals surface area contributed by atoms with Crippen molar-refractivity contribution in [2.75, 3.05) is 45.1 Å². The van der Waals surface area contributed by atoms with E-state index in [1.807, 2.05) is 6.92 Å². The normalized spacial score (nSPS) is 15.4. The number of amides is 1. The van der Waals surface area contributed by atoms with Crippen LogP contribution in [0.1, 0.15) is 17.0 Å². The molecule has 0 spiro atoms. The number of hydrogen-bond acceptors (Lipinski definition) is 9. The number of nitrogens with one attached hydrogen (secondary N) is 1. The first-order chi connectivity index (χ1) is 17.6. The van der Waals surface area contributed by atoms with Crippen LogP contribution in [0.25, 0.3) is 0 Å². The molecule has 192 valence electrons. The Morgan fingerprint density at radius 3 is 2.30 bits per heavy atom. The smallest absolute Gasteiger partial charge is 0.355 e. The number of nitrogens with two attached hydrogens (primary N) is 1. The maximum absolute atomic E-state index is 13.2. The van der Waals surface area contributed by atoms with Crippen LogP contribution in [-0.2, 0) is 23.9 Å². The molecule has 1 amide bonds. The lowest BCUT2D eigenvalue weighted by Gasteiger charge is -2.36. The van der Waals surface area contributed by atoms with Crippen LogP contribution in [-0.4, -0.2) is 57.6 Å². The number of carbonyl (C=O) groups is 3. The molecule has 1 unspecified atom stereocenters. The third-order valence-electron chi connectivity index (χ3n) is 5.82. The predicted octanol–water partition coefficient (Wildman–Crippen LogP) is 2.39. The molecule has 10 heteroatoms. The van der Waals surface area contributed by atoms with Crippen LogP contribution in [0.4, 0.5) is 11.4 Å². The third-order valence-corrected chi connectivity index (χ3v) is 5.82. The molecule has 3 rings (SSSR count). The number of carbonyl (C=O) groups excluding carboxylic acids is 3. The molecule has 37 heavy (non-hydrogen) atoms. The molecule has 2 aromatic carbocycles. The molecule has 1 aliphatic rings. The molecule has 10 nitrogen and oxygen atoms in total. The summed E-state index contributed by atoms with van der Waals surface area (Å²) in [5.74, 6) is -2.92. The van der Waals surface area contributed by atoms with Gasteiger partial charge in [-0.1, -0.05) is 36.4 Å². The lowest BCUT2D eigenvalue weighted by Crippen LogP contribution is -2.40. The zero-order valence-corrected chi connectivity index (χ0v) is 21.4. The fourth-order valence-electron chi connectivity index (χ4n) is 4.14. The van der Waals surface area contributed by atoms with Crippen LogP contribution in [0.15, 0.2) is 71.2 Å². The number of hydrogen-bond donors (Lipinski definition) is 2. The summed E-state index contributed by atoms with van der Waals surface area (Å²) >= 11 is 0. The summed E-state index contributed by atoms with van der Waals surface area (Å²) in [6.45, 7) is 1.97. The van der Waals surface area contributed by atoms with Crippen molar-refractivity contribution in [2.24, 2.45) is 5.73 Å². The Bertz CT molecular complexity index is 1320. The summed E-state index contributed by atoms with van der Waals surface area (Å²) < 4.78 is 10.1. The van der Waals surface area contributed by atoms with Crippen molar-refractivity contribution in [2.45, 2.75) is 12.8 Å². The van der Waals surface area contributed by atoms with E-state index < -0.39 is 17.9 Å². The molecule has 1 aliphatic heterocycles. The number of benzene rings is 2. The second-order valence-electron chi connectivity index (χ2n) is 8.62. The van der Waals surface area contributed by atoms with E-state index in [0.29, 0.717) is 16.9 Å². The largest absolute Gasteiger partial charge is 0.466 e. The monoisotopic (exact) mass is 503 g/mol. The van der Waals surface area contributed by atoms with Gasteiger partial charge in [0.1, 0.15) is 11.5 Å². The average molecular weight is 504 g/mol. The Kier molecular flexibility index (Phi) is 8.32. The van der Waals surface area contributed by atoms with E-state index in [1.165, 1.54) is 19.1 Å². The Balaban J connectivity index is 2.30. The van der Waals surface area contributed by atoms with Gasteiger partial charge in [0.15, 0.2) is 0 Å². The number of anilines is 2. The summed E-state index contributed by atoms with van der Waals surface area (Å²) in [5.41, 5.74) is 8.45. The third kappa shape index (κ3) is 5.47. The van der Waals surface area contributed by atoms with Crippen molar-refractivity contribution < 1.29 is 23.9 Å². The van der Waals surface area contributed by atoms with Gasteiger partial charge in [0, 0.05) is 11.4 Å². The Hall–Kier alpha value is -4.62. The first-order valence-electron chi connectivity index (χ1n) is 11.3. The van der Waals surface area contributed by atoms with Gasteiger partial charge in [-0.25, -0.2) is 9.59 Å². The molecule has 0 aliphatic carbocycles. The van der Waals surface area contributed by atoms with Gasteiger partial charge in [-0.2, -0.15) is 5.26 Å². The second kappa shape index (κ2) is 11.4. The van der Waals surface area contributed by atoms with Gasteiger partial charge in [0.25, 0.3) is 0 Å². The number of esters is 2. The number of methoxy groups -OCH3 is 2. The van der Waals surface area contributed by atoms with Crippen LogP contribution in [0.3, 0.4) is 0 Å². The summed E-state index contributed by atoms with van der Waals surface area (Å²) in [4.78, 5) is 41.8. The standard InChI is InChI=1S/C27H29N5O5/c1-16-11-12-18(13-20(16)30-21(33)15-31(2)3)32-24(27(35)37-5)23(26(34)36-4)22(19(14-28)25(32)29)17-9-7-6-8-10-17/h6-13,22H,15,29H2,1-5H3,(H,30,33). The molecule has 0 radical (unpaired) electrons. The van der Waals surface area contributed by atoms with E-state index in [9.17, 15) is 19.6 Å². The van der Waals surface area contributed by atoms with Gasteiger partial charge in [-0.05, 0) is 44.3 Å². The van der Waals surface area contributed by atoms with Gasteiger partial charge >= 0.3 is 11.9 Å². The minimum atomic E-state index is -0.964. The number of nitrogens with zero attached hydrogens (tertiary/aromatic N) is 3. The zero-order chi connectivity index (χ0) is 27.3. The molecule has 1 heterocycles. The van der Waals surface area contributed by atoms with Crippen molar-refractivity contribution in [1.82, 2.24) is 4.90 Å². The summed E-state index contributed by atoms with van der Waals surface area (Å²) in [5, 5.41) is 13.0. The molecule has 0 bridgehead atoms. The highest BCUT2D eigenvalue weighted by Crippen LogP contribution is 2.43. The quantitative estimate of drug-likeness (QED) is 0.545. The molecule has 0 saturated carbocycles. The highest BCUT2D eigenvalue weighted by Gasteiger charge is 2.43. The van der Waals surface area contributed by atoms with Crippen molar-refractivity contribution in [1.29, 1.82) is 5.26 Å². The van der Waals surface area contributed by atoms with E-state index in [2.05, 4.69) is 11.4 Å². The Morgan fingerprint density at radius 1 is 1.08 bits per heavy atom. The average Bonchev–Trinajstić information content (AvgIpc) is 2.88. The van der Waals surface area contributed by atoms with Gasteiger partial charge in [0.05, 0.1) is 43.9 Å². The number of aryl methyl sites for hydroxylation is 1. The molecule has 3 N–H and O–H groups in total. The maximum Gasteiger partial charge on any atom is 0.355 e. The Labute approximate surface area is 215 Å². The fraction of sp³-hybridized carbons (Fsp3) is 0.259. The van der Waals surface area contributed by atoms with Crippen molar-refractivity contribution in [3.05, 3.63) is 82.3 Å². The van der Waals surface area contributed by atoms with Crippen molar-refractivity contribution in [3.8, 4) is 6.07 Å². The number of rotatable bonds is 7. The van der Waals surface area contributed by atoms with E-state index in [4.69, 9.17) is 15.2 Å². The van der Waals surface area contributed by atoms with Crippen molar-refractivity contribution >= 4 is 29.2 Å². The molecular weight excluding hydrogens is 474 g/mol. The van der Waals surface area contributed by atoms with E-state index >= 15 is 0 Å². The molecule has 1 atom stereocenters. The number of allylic oxidation sites excluding steroid dienone is 1. The van der Waals surface area contributed by atoms with E-state index in [-0.39, 0.29) is 35.1 Å². The number of ether oxygens (including phenoxy) is 2. The van der Waals surface area contributed by atoms with Crippen LogP contribution >= 0.6 is 0 Å². The minimum Gasteiger partial charge on any atom is -0.466 e. The highest BCUT2D eigenvalue weighted by atomic mass is 16.5. The molecule has 0 aromatic heterocycles. The number of likely N-dealkylation sites (N-methyl/N-ethyl adjacent to an activating group) is 1. The van der Waals surface area contributed by atoms with Crippen LogP contribution in [0.2, 0.25) is 0 Å². The molecular formula is C27H29N5O5. The lowest BCUT2D eigenvalue weighted by atomic mass is 9.81. The topological polar surface area (TPSA) is 138 Å². The molecule has 0 saturated heterocycles. The summed E-state index contributed by atoms with van der Waals surface area (Å²) in [6, 6.07) is 15.9. The zero-order valence-electron chi connectivity index (χ0n) is 21.4. The van der Waals surface area contributed by atoms with Gasteiger partial charge in [-0.15, -0.1) is 0 Å². The SMILES string of the molecule is COC(=O)C1=C(C(=O)OC)N(c2ccc(C)c(NC(=O)CN(C)C)c2)C(N)=C(C#N)C1c1ccccc1. The lowest BCUT2D eigenvalue weighted by molar-refractivity contribution is -0.139. The first-order valence-corrected chi connectivity index (χ1v) is 11.3. The molecule has 0 fully saturated rings. The summed E-state index contributed by atoms with van der Waals surface area (Å²) in [7, 11) is 5.92. The van der Waals surface area contributed by atoms with Crippen LogP contribution in [0.5, 0.6) is 0 Å². The molecule has 2 aromatic rings. The van der Waals surface area contributed by atoms with Gasteiger partial charge in [-0.3, -0.25) is 9.69 Å². The van der Waals surface area contributed by atoms with Crippen LogP contribution < -0.4 is 16.0 Å². The van der Waals surface area contributed by atoms with Gasteiger partial charge in [0.2, 0.25) is 5.91 Å². The van der Waals surface area contributed by atoms with Gasteiger partial charge < -0.3 is 25.4 Å². The van der Waals surface area contributed by atoms with E-state index in [1.54, 1.807) is 67.5 Å². The fourth-order valence-corrected chi connectivity index (χ4v) is 4.14. The first kappa shape index (κ1) is 27.0. The Morgan fingerprint density at radius 2 is 1.73 bits per heavy atom. The van der Waals surface area contributed by atoms with Crippen LogP contribution in [0, 0.1) is 18.3 Å². The highest BCUT2D eigenvalue weighted by molar-refractivity contribution is 6.06. The minimum absolute atomic E-state index is 0.0537. The van der Waals surface area contributed by atoms with Crippen molar-refractivity contribution in [3.63, 3.8) is 0 Å². The maximum atomic E-state index is 13.2. The number of nitriles is 1.